The summed E-state index contributed by atoms with van der Waals surface area (Å²) in [6.45, 7) is 2.73. The Morgan fingerprint density at radius 1 is 0.941 bits per heavy atom. The summed E-state index contributed by atoms with van der Waals surface area (Å²) in [4.78, 5) is 28.3. The van der Waals surface area contributed by atoms with Crippen LogP contribution in [0, 0.1) is 0 Å². The SMILES string of the molecule is CCOC(=O)N1CCN(C(=O)CN(c2ccc(OC)cc2OC)S(=O)(=O)c2ccccc2)CC1. The van der Waals surface area contributed by atoms with Gasteiger partial charge in [0.15, 0.2) is 0 Å². The summed E-state index contributed by atoms with van der Waals surface area (Å²) >= 11 is 0. The van der Waals surface area contributed by atoms with Gasteiger partial charge in [-0.2, -0.15) is 0 Å². The minimum absolute atomic E-state index is 0.0489. The maximum absolute atomic E-state index is 13.6. The lowest BCUT2D eigenvalue weighted by Crippen LogP contribution is -2.53. The standard InChI is InChI=1S/C23H29N3O7S/c1-4-33-23(28)25-14-12-24(13-15-25)22(27)17-26(34(29,30)19-8-6-5-7-9-19)20-11-10-18(31-2)16-21(20)32-3/h5-11,16H,4,12-15,17H2,1-3H3. The van der Waals surface area contributed by atoms with Crippen molar-refractivity contribution in [3.8, 4) is 11.5 Å². The van der Waals surface area contributed by atoms with Gasteiger partial charge in [0.1, 0.15) is 18.0 Å². The number of hydrogen-bond acceptors (Lipinski definition) is 7. The maximum Gasteiger partial charge on any atom is 0.409 e. The number of ether oxygens (including phenoxy) is 3. The van der Waals surface area contributed by atoms with Crippen LogP contribution in [0.4, 0.5) is 10.5 Å². The molecule has 0 radical (unpaired) electrons. The average molecular weight is 492 g/mol. The summed E-state index contributed by atoms with van der Waals surface area (Å²) in [5.41, 5.74) is 0.214. The molecule has 1 aliphatic rings. The Morgan fingerprint density at radius 2 is 1.59 bits per heavy atom. The van der Waals surface area contributed by atoms with Gasteiger partial charge < -0.3 is 24.0 Å². The summed E-state index contributed by atoms with van der Waals surface area (Å²) in [5.74, 6) is 0.346. The molecular weight excluding hydrogens is 462 g/mol. The summed E-state index contributed by atoms with van der Waals surface area (Å²) in [6, 6.07) is 12.6. The number of carbonyl (C=O) groups excluding carboxylic acids is 2. The summed E-state index contributed by atoms with van der Waals surface area (Å²) < 4.78 is 43.9. The number of rotatable bonds is 8. The second-order valence-corrected chi connectivity index (χ2v) is 9.29. The minimum atomic E-state index is -4.09. The molecule has 1 saturated heterocycles. The van der Waals surface area contributed by atoms with E-state index in [2.05, 4.69) is 0 Å². The molecular formula is C23H29N3O7S. The van der Waals surface area contributed by atoms with Crippen molar-refractivity contribution < 1.29 is 32.2 Å². The Hall–Kier alpha value is -3.47. The predicted molar refractivity (Wildman–Crippen MR) is 126 cm³/mol. The molecule has 10 nitrogen and oxygen atoms in total. The molecule has 0 bridgehead atoms. The number of piperazine rings is 1. The van der Waals surface area contributed by atoms with Gasteiger partial charge in [0, 0.05) is 32.2 Å². The highest BCUT2D eigenvalue weighted by Gasteiger charge is 2.32. The zero-order valence-corrected chi connectivity index (χ0v) is 20.3. The van der Waals surface area contributed by atoms with Crippen molar-refractivity contribution in [2.24, 2.45) is 0 Å². The Balaban J connectivity index is 1.89. The van der Waals surface area contributed by atoms with Crippen LogP contribution in [-0.4, -0.2) is 83.8 Å². The lowest BCUT2D eigenvalue weighted by molar-refractivity contribution is -0.131. The molecule has 1 heterocycles. The third-order valence-electron chi connectivity index (χ3n) is 5.42. The fourth-order valence-corrected chi connectivity index (χ4v) is 5.03. The van der Waals surface area contributed by atoms with Gasteiger partial charge in [0.2, 0.25) is 5.91 Å². The molecule has 3 rings (SSSR count). The lowest BCUT2D eigenvalue weighted by Gasteiger charge is -2.35. The lowest BCUT2D eigenvalue weighted by atomic mass is 10.2. The molecule has 11 heteroatoms. The number of carbonyl (C=O) groups is 2. The molecule has 0 N–H and O–H groups in total. The second-order valence-electron chi connectivity index (χ2n) is 7.43. The molecule has 184 valence electrons. The van der Waals surface area contributed by atoms with Gasteiger partial charge in [-0.25, -0.2) is 13.2 Å². The largest absolute Gasteiger partial charge is 0.497 e. The zero-order chi connectivity index (χ0) is 24.7. The van der Waals surface area contributed by atoms with Crippen molar-refractivity contribution in [2.75, 3.05) is 57.9 Å². The van der Waals surface area contributed by atoms with Gasteiger partial charge in [0.25, 0.3) is 10.0 Å². The smallest absolute Gasteiger partial charge is 0.409 e. The number of anilines is 1. The number of hydrogen-bond donors (Lipinski definition) is 0. The van der Waals surface area contributed by atoms with E-state index in [0.29, 0.717) is 18.8 Å². The third kappa shape index (κ3) is 5.53. The van der Waals surface area contributed by atoms with Crippen molar-refractivity contribution in [1.29, 1.82) is 0 Å². The van der Waals surface area contributed by atoms with Crippen LogP contribution in [0.1, 0.15) is 6.92 Å². The quantitative estimate of drug-likeness (QED) is 0.557. The molecule has 0 atom stereocenters. The van der Waals surface area contributed by atoms with Crippen molar-refractivity contribution >= 4 is 27.7 Å². The number of amides is 2. The van der Waals surface area contributed by atoms with E-state index < -0.39 is 22.7 Å². The zero-order valence-electron chi connectivity index (χ0n) is 19.5. The molecule has 1 aliphatic heterocycles. The molecule has 0 spiro atoms. The van der Waals surface area contributed by atoms with Crippen molar-refractivity contribution in [1.82, 2.24) is 9.80 Å². The number of nitrogens with zero attached hydrogens (tertiary/aromatic N) is 3. The van der Waals surface area contributed by atoms with Crippen LogP contribution in [0.2, 0.25) is 0 Å². The molecule has 0 saturated carbocycles. The van der Waals surface area contributed by atoms with Gasteiger partial charge in [0.05, 0.1) is 31.4 Å². The van der Waals surface area contributed by atoms with Crippen molar-refractivity contribution in [2.45, 2.75) is 11.8 Å². The predicted octanol–water partition coefficient (Wildman–Crippen LogP) is 2.20. The topological polar surface area (TPSA) is 106 Å². The fourth-order valence-electron chi connectivity index (χ4n) is 3.59. The first-order valence-corrected chi connectivity index (χ1v) is 12.2. The van der Waals surface area contributed by atoms with Crippen LogP contribution in [0.25, 0.3) is 0 Å². The Morgan fingerprint density at radius 3 is 2.18 bits per heavy atom. The third-order valence-corrected chi connectivity index (χ3v) is 7.20. The van der Waals surface area contributed by atoms with E-state index in [-0.39, 0.29) is 41.9 Å². The highest BCUT2D eigenvalue weighted by Crippen LogP contribution is 2.35. The summed E-state index contributed by atoms with van der Waals surface area (Å²) in [6.07, 6.45) is -0.425. The maximum atomic E-state index is 13.6. The summed E-state index contributed by atoms with van der Waals surface area (Å²) in [7, 11) is -1.18. The van der Waals surface area contributed by atoms with Gasteiger partial charge >= 0.3 is 6.09 Å². The van der Waals surface area contributed by atoms with E-state index in [1.54, 1.807) is 48.2 Å². The highest BCUT2D eigenvalue weighted by molar-refractivity contribution is 7.92. The van der Waals surface area contributed by atoms with E-state index in [0.717, 1.165) is 4.31 Å². The number of benzene rings is 2. The van der Waals surface area contributed by atoms with E-state index in [9.17, 15) is 18.0 Å². The van der Waals surface area contributed by atoms with Gasteiger partial charge in [-0.1, -0.05) is 18.2 Å². The van der Waals surface area contributed by atoms with E-state index in [1.807, 2.05) is 0 Å². The van der Waals surface area contributed by atoms with Crippen LogP contribution in [0.3, 0.4) is 0 Å². The molecule has 2 amide bonds. The van der Waals surface area contributed by atoms with Crippen LogP contribution in [-0.2, 0) is 19.6 Å². The average Bonchev–Trinajstić information content (AvgIpc) is 2.87. The molecule has 0 aromatic heterocycles. The molecule has 2 aromatic carbocycles. The molecule has 34 heavy (non-hydrogen) atoms. The van der Waals surface area contributed by atoms with E-state index in [1.165, 1.54) is 31.3 Å². The first-order chi connectivity index (χ1) is 16.3. The van der Waals surface area contributed by atoms with Crippen LogP contribution in [0.5, 0.6) is 11.5 Å². The number of sulfonamides is 1. The highest BCUT2D eigenvalue weighted by atomic mass is 32.2. The van der Waals surface area contributed by atoms with Crippen molar-refractivity contribution in [3.05, 3.63) is 48.5 Å². The van der Waals surface area contributed by atoms with Crippen LogP contribution >= 0.6 is 0 Å². The van der Waals surface area contributed by atoms with Crippen molar-refractivity contribution in [3.63, 3.8) is 0 Å². The first-order valence-electron chi connectivity index (χ1n) is 10.8. The van der Waals surface area contributed by atoms with Gasteiger partial charge in [-0.3, -0.25) is 9.10 Å². The molecule has 0 unspecified atom stereocenters. The fraction of sp³-hybridized carbons (Fsp3) is 0.391. The van der Waals surface area contributed by atoms with E-state index >= 15 is 0 Å². The Bertz CT molecular complexity index is 1100. The molecule has 0 aliphatic carbocycles. The number of methoxy groups -OCH3 is 2. The Kier molecular flexibility index (Phi) is 8.21. The molecule has 2 aromatic rings. The normalized spacial score (nSPS) is 13.9. The monoisotopic (exact) mass is 491 g/mol. The Labute approximate surface area is 199 Å². The van der Waals surface area contributed by atoms with Gasteiger partial charge in [-0.15, -0.1) is 0 Å². The van der Waals surface area contributed by atoms with E-state index in [4.69, 9.17) is 14.2 Å². The molecule has 1 fully saturated rings. The minimum Gasteiger partial charge on any atom is -0.497 e. The summed E-state index contributed by atoms with van der Waals surface area (Å²) in [5, 5.41) is 0. The van der Waals surface area contributed by atoms with Gasteiger partial charge in [-0.05, 0) is 31.2 Å². The van der Waals surface area contributed by atoms with Crippen LogP contribution < -0.4 is 13.8 Å². The second kappa shape index (κ2) is 11.1. The first kappa shape index (κ1) is 25.2. The van der Waals surface area contributed by atoms with Crippen LogP contribution in [0.15, 0.2) is 53.4 Å².